The van der Waals surface area contributed by atoms with Gasteiger partial charge in [-0.2, -0.15) is 0 Å². The van der Waals surface area contributed by atoms with Crippen LogP contribution < -0.4 is 5.56 Å². The number of unbranched alkanes of at least 4 members (excludes halogenated alkanes) is 1. The number of rotatable bonds is 5. The third-order valence-corrected chi connectivity index (χ3v) is 4.30. The van der Waals surface area contributed by atoms with Gasteiger partial charge in [-0.3, -0.25) is 13.8 Å². The van der Waals surface area contributed by atoms with Gasteiger partial charge in [0.2, 0.25) is 5.65 Å². The van der Waals surface area contributed by atoms with E-state index < -0.39 is 0 Å². The number of hydrogen-bond donors (Lipinski definition) is 0. The lowest BCUT2D eigenvalue weighted by molar-refractivity contribution is 0.627. The lowest BCUT2D eigenvalue weighted by Gasteiger charge is -2.06. The first-order chi connectivity index (χ1) is 10.7. The third kappa shape index (κ3) is 2.76. The fourth-order valence-electron chi connectivity index (χ4n) is 2.08. The summed E-state index contributed by atoms with van der Waals surface area (Å²) in [5.74, 6) is 0.605. The quantitative estimate of drug-likeness (QED) is 0.536. The van der Waals surface area contributed by atoms with Crippen LogP contribution >= 0.6 is 11.8 Å². The Hall–Kier alpha value is -2.15. The van der Waals surface area contributed by atoms with Crippen LogP contribution in [0.1, 0.15) is 19.8 Å². The summed E-state index contributed by atoms with van der Waals surface area (Å²) in [6, 6.07) is 5.75. The molecule has 0 radical (unpaired) electrons. The summed E-state index contributed by atoms with van der Waals surface area (Å²) in [7, 11) is 0. The van der Waals surface area contributed by atoms with E-state index in [4.69, 9.17) is 0 Å². The van der Waals surface area contributed by atoms with E-state index in [0.29, 0.717) is 10.8 Å². The molecule has 0 saturated heterocycles. The number of thioether (sulfide) groups is 1. The van der Waals surface area contributed by atoms with Gasteiger partial charge in [0.15, 0.2) is 5.16 Å². The van der Waals surface area contributed by atoms with Crippen LogP contribution in [0.3, 0.4) is 0 Å². The summed E-state index contributed by atoms with van der Waals surface area (Å²) in [5.41, 5.74) is 0.590. The molecule has 1 aromatic carbocycles. The van der Waals surface area contributed by atoms with Crippen LogP contribution in [-0.2, 0) is 0 Å². The van der Waals surface area contributed by atoms with Gasteiger partial charge in [0.05, 0.1) is 0 Å². The van der Waals surface area contributed by atoms with Crippen molar-refractivity contribution in [2.75, 3.05) is 5.75 Å². The van der Waals surface area contributed by atoms with Gasteiger partial charge in [-0.25, -0.2) is 4.39 Å². The molecule has 3 rings (SSSR count). The highest BCUT2D eigenvalue weighted by molar-refractivity contribution is 7.99. The van der Waals surface area contributed by atoms with Gasteiger partial charge in [-0.05, 0) is 30.7 Å². The molecule has 0 aliphatic carbocycles. The Morgan fingerprint density at radius 3 is 2.68 bits per heavy atom. The number of halogens is 1. The van der Waals surface area contributed by atoms with E-state index in [-0.39, 0.29) is 17.0 Å². The second-order valence-corrected chi connectivity index (χ2v) is 5.89. The van der Waals surface area contributed by atoms with Crippen molar-refractivity contribution in [2.24, 2.45) is 0 Å². The summed E-state index contributed by atoms with van der Waals surface area (Å²) in [4.78, 5) is 12.5. The van der Waals surface area contributed by atoms with Gasteiger partial charge < -0.3 is 0 Å². The molecule has 2 heterocycles. The van der Waals surface area contributed by atoms with Crippen molar-refractivity contribution in [1.82, 2.24) is 19.2 Å². The van der Waals surface area contributed by atoms with E-state index in [2.05, 4.69) is 17.1 Å². The van der Waals surface area contributed by atoms with E-state index in [9.17, 15) is 9.18 Å². The normalized spacial score (nSPS) is 11.2. The van der Waals surface area contributed by atoms with Crippen LogP contribution in [0.4, 0.5) is 4.39 Å². The number of benzene rings is 1. The first kappa shape index (κ1) is 14.8. The Bertz CT molecular complexity index is 841. The lowest BCUT2D eigenvalue weighted by Crippen LogP contribution is -2.20. The fourth-order valence-corrected chi connectivity index (χ4v) is 3.08. The molecule has 0 saturated carbocycles. The smallest absolute Gasteiger partial charge is 0.280 e. The van der Waals surface area contributed by atoms with Crippen LogP contribution in [0, 0.1) is 5.82 Å². The summed E-state index contributed by atoms with van der Waals surface area (Å²) in [6.07, 6.45) is 5.61. The van der Waals surface area contributed by atoms with E-state index in [1.54, 1.807) is 40.7 Å². The average Bonchev–Trinajstić information content (AvgIpc) is 2.93. The predicted molar refractivity (Wildman–Crippen MR) is 84.2 cm³/mol. The Kier molecular flexibility index (Phi) is 4.24. The molecular formula is C15H15FN4OS. The van der Waals surface area contributed by atoms with Gasteiger partial charge in [0, 0.05) is 23.8 Å². The number of nitrogens with zero attached hydrogens (tertiary/aromatic N) is 4. The zero-order valence-electron chi connectivity index (χ0n) is 12.1. The molecule has 0 spiro atoms. The third-order valence-electron chi connectivity index (χ3n) is 3.27. The van der Waals surface area contributed by atoms with Crippen LogP contribution in [0.15, 0.2) is 46.6 Å². The highest BCUT2D eigenvalue weighted by Crippen LogP contribution is 2.17. The molecule has 0 atom stereocenters. The highest BCUT2D eigenvalue weighted by Gasteiger charge is 2.11. The first-order valence-corrected chi connectivity index (χ1v) is 8.04. The zero-order chi connectivity index (χ0) is 15.5. The molecule has 0 aliphatic heterocycles. The Morgan fingerprint density at radius 2 is 1.95 bits per heavy atom. The van der Waals surface area contributed by atoms with Crippen molar-refractivity contribution in [3.63, 3.8) is 0 Å². The molecule has 2 aromatic heterocycles. The second kappa shape index (κ2) is 6.31. The summed E-state index contributed by atoms with van der Waals surface area (Å²) in [6.45, 7) is 2.13. The van der Waals surface area contributed by atoms with Gasteiger partial charge in [-0.15, -0.1) is 10.2 Å². The minimum absolute atomic E-state index is 0.269. The predicted octanol–water partition coefficient (Wildman–Crippen LogP) is 2.91. The molecule has 0 bridgehead atoms. The van der Waals surface area contributed by atoms with E-state index in [1.807, 2.05) is 0 Å². The lowest BCUT2D eigenvalue weighted by atomic mass is 10.3. The molecule has 0 unspecified atom stereocenters. The molecule has 0 fully saturated rings. The standard InChI is InChI=1S/C15H15FN4OS/c1-2-3-10-22-15-18-17-13-14(21)19(8-9-20(13)15)12-6-4-11(16)5-7-12/h4-9H,2-3,10H2,1H3. The molecule has 0 aliphatic rings. The molecule has 5 nitrogen and oxygen atoms in total. The van der Waals surface area contributed by atoms with Gasteiger partial charge in [0.25, 0.3) is 0 Å². The minimum Gasteiger partial charge on any atom is -0.280 e. The summed E-state index contributed by atoms with van der Waals surface area (Å²) in [5, 5.41) is 8.78. The SMILES string of the molecule is CCCCSc1nnc2c(=O)n(-c3ccc(F)cc3)ccn12. The Labute approximate surface area is 130 Å². The minimum atomic E-state index is -0.338. The molecular weight excluding hydrogens is 303 g/mol. The number of fused-ring (bicyclic) bond motifs is 1. The average molecular weight is 318 g/mol. The van der Waals surface area contributed by atoms with Crippen molar-refractivity contribution >= 4 is 17.4 Å². The number of hydrogen-bond acceptors (Lipinski definition) is 4. The fraction of sp³-hybridized carbons (Fsp3) is 0.267. The van der Waals surface area contributed by atoms with Crippen LogP contribution in [0.25, 0.3) is 11.3 Å². The van der Waals surface area contributed by atoms with Crippen molar-refractivity contribution < 1.29 is 4.39 Å². The Morgan fingerprint density at radius 1 is 1.18 bits per heavy atom. The van der Waals surface area contributed by atoms with Crippen molar-refractivity contribution in [3.05, 3.63) is 52.8 Å². The van der Waals surface area contributed by atoms with Crippen LogP contribution in [0.2, 0.25) is 0 Å². The monoisotopic (exact) mass is 318 g/mol. The highest BCUT2D eigenvalue weighted by atomic mass is 32.2. The second-order valence-electron chi connectivity index (χ2n) is 4.83. The number of aromatic nitrogens is 4. The molecule has 0 N–H and O–H groups in total. The van der Waals surface area contributed by atoms with Crippen LogP contribution in [-0.4, -0.2) is 24.9 Å². The van der Waals surface area contributed by atoms with Crippen molar-refractivity contribution in [3.8, 4) is 5.69 Å². The summed E-state index contributed by atoms with van der Waals surface area (Å²) < 4.78 is 16.1. The molecule has 3 aromatic rings. The largest absolute Gasteiger partial charge is 0.300 e. The first-order valence-electron chi connectivity index (χ1n) is 7.06. The zero-order valence-corrected chi connectivity index (χ0v) is 12.9. The van der Waals surface area contributed by atoms with Crippen LogP contribution in [0.5, 0.6) is 0 Å². The van der Waals surface area contributed by atoms with Crippen molar-refractivity contribution in [2.45, 2.75) is 24.9 Å². The van der Waals surface area contributed by atoms with E-state index in [1.165, 1.54) is 16.7 Å². The van der Waals surface area contributed by atoms with Gasteiger partial charge >= 0.3 is 5.56 Å². The molecule has 0 amide bonds. The molecule has 114 valence electrons. The maximum atomic E-state index is 13.0. The maximum Gasteiger partial charge on any atom is 0.300 e. The van der Waals surface area contributed by atoms with Gasteiger partial charge in [-0.1, -0.05) is 25.1 Å². The Balaban J connectivity index is 2.00. The molecule has 7 heteroatoms. The van der Waals surface area contributed by atoms with Crippen molar-refractivity contribution in [1.29, 1.82) is 0 Å². The van der Waals surface area contributed by atoms with E-state index in [0.717, 1.165) is 18.6 Å². The maximum absolute atomic E-state index is 13.0. The summed E-state index contributed by atoms with van der Waals surface area (Å²) >= 11 is 1.59. The van der Waals surface area contributed by atoms with Gasteiger partial charge in [0.1, 0.15) is 5.82 Å². The topological polar surface area (TPSA) is 52.2 Å². The van der Waals surface area contributed by atoms with E-state index >= 15 is 0 Å². The molecule has 22 heavy (non-hydrogen) atoms.